The van der Waals surface area contributed by atoms with E-state index in [1.165, 1.54) is 36.6 Å². The monoisotopic (exact) mass is 422 g/mol. The standard InChI is InChI=1S/C25H30N2O2S/c1-17-12-14-19(15-13-17)16-27-21-10-6-7-11-22(21)30-23(25(27)29)18(2)24(28)26-20-8-4-3-5-9-20/h6-7,10-15,18,20,23H,3-5,8-9,16H2,1-2H3,(H,26,28)/t18-,23+/m1/s1. The van der Waals surface area contributed by atoms with Gasteiger partial charge >= 0.3 is 0 Å². The number of carbonyl (C=O) groups excluding carboxylic acids is 2. The Hall–Kier alpha value is -2.27. The van der Waals surface area contributed by atoms with Crippen molar-refractivity contribution in [2.45, 2.75) is 68.7 Å². The van der Waals surface area contributed by atoms with Gasteiger partial charge in [-0.25, -0.2) is 0 Å². The highest BCUT2D eigenvalue weighted by molar-refractivity contribution is 8.01. The summed E-state index contributed by atoms with van der Waals surface area (Å²) in [7, 11) is 0. The number of anilines is 1. The largest absolute Gasteiger partial charge is 0.353 e. The minimum Gasteiger partial charge on any atom is -0.353 e. The van der Waals surface area contributed by atoms with E-state index in [1.807, 2.05) is 36.1 Å². The molecule has 0 aromatic heterocycles. The van der Waals surface area contributed by atoms with Gasteiger partial charge < -0.3 is 10.2 Å². The second-order valence-corrected chi connectivity index (χ2v) is 9.73. The number of carbonyl (C=O) groups is 2. The fourth-order valence-corrected chi connectivity index (χ4v) is 5.60. The Morgan fingerprint density at radius 1 is 1.10 bits per heavy atom. The van der Waals surface area contributed by atoms with E-state index in [2.05, 4.69) is 36.5 Å². The zero-order valence-electron chi connectivity index (χ0n) is 17.8. The Morgan fingerprint density at radius 3 is 2.53 bits per heavy atom. The number of hydrogen-bond acceptors (Lipinski definition) is 3. The van der Waals surface area contributed by atoms with Crippen molar-refractivity contribution < 1.29 is 9.59 Å². The maximum atomic E-state index is 13.5. The van der Waals surface area contributed by atoms with Crippen LogP contribution in [0.25, 0.3) is 0 Å². The molecule has 1 fully saturated rings. The first-order valence-corrected chi connectivity index (χ1v) is 11.8. The molecule has 2 aromatic rings. The molecule has 1 N–H and O–H groups in total. The average Bonchev–Trinajstić information content (AvgIpc) is 2.77. The Morgan fingerprint density at radius 2 is 1.80 bits per heavy atom. The number of nitrogens with one attached hydrogen (secondary N) is 1. The van der Waals surface area contributed by atoms with Crippen molar-refractivity contribution in [3.63, 3.8) is 0 Å². The van der Waals surface area contributed by atoms with E-state index in [0.29, 0.717) is 6.54 Å². The smallest absolute Gasteiger partial charge is 0.241 e. The third-order valence-corrected chi connectivity index (χ3v) is 7.66. The zero-order chi connectivity index (χ0) is 21.1. The number of fused-ring (bicyclic) bond motifs is 1. The van der Waals surface area contributed by atoms with Crippen LogP contribution >= 0.6 is 11.8 Å². The van der Waals surface area contributed by atoms with E-state index < -0.39 is 5.25 Å². The van der Waals surface area contributed by atoms with Gasteiger partial charge in [0.05, 0.1) is 18.2 Å². The molecule has 30 heavy (non-hydrogen) atoms. The molecule has 1 aliphatic heterocycles. The average molecular weight is 423 g/mol. The van der Waals surface area contributed by atoms with E-state index in [9.17, 15) is 9.59 Å². The molecule has 1 saturated carbocycles. The molecule has 158 valence electrons. The summed E-state index contributed by atoms with van der Waals surface area (Å²) in [6.07, 6.45) is 5.70. The molecule has 0 spiro atoms. The number of para-hydroxylation sites is 1. The molecule has 2 aliphatic rings. The van der Waals surface area contributed by atoms with Gasteiger partial charge in [-0.3, -0.25) is 9.59 Å². The van der Waals surface area contributed by atoms with Crippen molar-refractivity contribution in [1.82, 2.24) is 5.32 Å². The summed E-state index contributed by atoms with van der Waals surface area (Å²) in [5.41, 5.74) is 3.23. The van der Waals surface area contributed by atoms with Gasteiger partial charge in [-0.15, -0.1) is 11.8 Å². The van der Waals surface area contributed by atoms with Crippen LogP contribution in [0.15, 0.2) is 53.4 Å². The number of hydrogen-bond donors (Lipinski definition) is 1. The summed E-state index contributed by atoms with van der Waals surface area (Å²) in [5.74, 6) is -0.355. The summed E-state index contributed by atoms with van der Waals surface area (Å²) in [6, 6.07) is 16.6. The highest BCUT2D eigenvalue weighted by atomic mass is 32.2. The van der Waals surface area contributed by atoms with Crippen molar-refractivity contribution in [1.29, 1.82) is 0 Å². The quantitative estimate of drug-likeness (QED) is 0.730. The number of nitrogens with zero attached hydrogens (tertiary/aromatic N) is 1. The summed E-state index contributed by atoms with van der Waals surface area (Å²) >= 11 is 1.53. The van der Waals surface area contributed by atoms with Crippen molar-refractivity contribution in [3.8, 4) is 0 Å². The zero-order valence-corrected chi connectivity index (χ0v) is 18.6. The topological polar surface area (TPSA) is 49.4 Å². The molecule has 0 radical (unpaired) electrons. The lowest BCUT2D eigenvalue weighted by molar-refractivity contribution is -0.129. The number of thioether (sulfide) groups is 1. The SMILES string of the molecule is Cc1ccc(CN2C(=O)[C@H]([C@@H](C)C(=O)NC3CCCCC3)Sc3ccccc32)cc1. The molecule has 5 heteroatoms. The molecule has 0 bridgehead atoms. The summed E-state index contributed by atoms with van der Waals surface area (Å²) in [5, 5.41) is 2.80. The number of rotatable bonds is 5. The number of aryl methyl sites for hydroxylation is 1. The Labute approximate surface area is 183 Å². The number of amides is 2. The molecule has 4 rings (SSSR count). The fraction of sp³-hybridized carbons (Fsp3) is 0.440. The predicted octanol–water partition coefficient (Wildman–Crippen LogP) is 5.09. The van der Waals surface area contributed by atoms with Crippen LogP contribution in [-0.4, -0.2) is 23.1 Å². The Kier molecular flexibility index (Phi) is 6.47. The molecule has 1 aliphatic carbocycles. The van der Waals surface area contributed by atoms with Crippen LogP contribution < -0.4 is 10.2 Å². The highest BCUT2D eigenvalue weighted by Crippen LogP contribution is 2.42. The molecule has 4 nitrogen and oxygen atoms in total. The lowest BCUT2D eigenvalue weighted by Gasteiger charge is -2.36. The minimum absolute atomic E-state index is 0.00224. The van der Waals surface area contributed by atoms with Crippen molar-refractivity contribution >= 4 is 29.3 Å². The van der Waals surface area contributed by atoms with Crippen LogP contribution in [0.2, 0.25) is 0 Å². The third kappa shape index (κ3) is 4.56. The van der Waals surface area contributed by atoms with Gasteiger partial charge in [0, 0.05) is 10.9 Å². The van der Waals surface area contributed by atoms with Crippen molar-refractivity contribution in [2.24, 2.45) is 5.92 Å². The van der Waals surface area contributed by atoms with E-state index in [-0.39, 0.29) is 23.8 Å². The first-order chi connectivity index (χ1) is 14.5. The highest BCUT2D eigenvalue weighted by Gasteiger charge is 2.39. The Balaban J connectivity index is 1.54. The first kappa shape index (κ1) is 21.0. The second-order valence-electron chi connectivity index (χ2n) is 8.55. The van der Waals surface area contributed by atoms with Crippen LogP contribution in [0.4, 0.5) is 5.69 Å². The van der Waals surface area contributed by atoms with Crippen LogP contribution in [0, 0.1) is 12.8 Å². The van der Waals surface area contributed by atoms with Crippen molar-refractivity contribution in [2.75, 3.05) is 4.90 Å². The van der Waals surface area contributed by atoms with Gasteiger partial charge in [-0.1, -0.05) is 68.1 Å². The minimum atomic E-state index is -0.408. The van der Waals surface area contributed by atoms with E-state index >= 15 is 0 Å². The van der Waals surface area contributed by atoms with Gasteiger partial charge in [0.2, 0.25) is 11.8 Å². The predicted molar refractivity (Wildman–Crippen MR) is 123 cm³/mol. The van der Waals surface area contributed by atoms with Gasteiger partial charge in [0.15, 0.2) is 0 Å². The summed E-state index contributed by atoms with van der Waals surface area (Å²) in [6.45, 7) is 4.47. The molecule has 0 saturated heterocycles. The molecular weight excluding hydrogens is 392 g/mol. The second kappa shape index (κ2) is 9.25. The summed E-state index contributed by atoms with van der Waals surface area (Å²) in [4.78, 5) is 29.4. The molecule has 0 unspecified atom stereocenters. The molecule has 2 atom stereocenters. The number of benzene rings is 2. The van der Waals surface area contributed by atoms with E-state index in [1.54, 1.807) is 0 Å². The van der Waals surface area contributed by atoms with Gasteiger partial charge in [0.25, 0.3) is 0 Å². The van der Waals surface area contributed by atoms with Gasteiger partial charge in [-0.05, 0) is 37.5 Å². The van der Waals surface area contributed by atoms with Crippen LogP contribution in [-0.2, 0) is 16.1 Å². The lowest BCUT2D eigenvalue weighted by atomic mass is 9.94. The van der Waals surface area contributed by atoms with E-state index in [4.69, 9.17) is 0 Å². The molecule has 2 aromatic carbocycles. The fourth-order valence-electron chi connectivity index (χ4n) is 4.31. The maximum Gasteiger partial charge on any atom is 0.241 e. The van der Waals surface area contributed by atoms with E-state index in [0.717, 1.165) is 29.0 Å². The van der Waals surface area contributed by atoms with Gasteiger partial charge in [-0.2, -0.15) is 0 Å². The first-order valence-electron chi connectivity index (χ1n) is 11.0. The van der Waals surface area contributed by atoms with Gasteiger partial charge in [0.1, 0.15) is 5.25 Å². The molecular formula is C25H30N2O2S. The van der Waals surface area contributed by atoms with Crippen LogP contribution in [0.5, 0.6) is 0 Å². The van der Waals surface area contributed by atoms with Crippen molar-refractivity contribution in [3.05, 3.63) is 59.7 Å². The van der Waals surface area contributed by atoms with Crippen LogP contribution in [0.1, 0.15) is 50.2 Å². The third-order valence-electron chi connectivity index (χ3n) is 6.20. The Bertz CT molecular complexity index is 906. The normalized spacial score (nSPS) is 20.5. The lowest BCUT2D eigenvalue weighted by Crippen LogP contribution is -2.49. The molecule has 2 amide bonds. The summed E-state index contributed by atoms with van der Waals surface area (Å²) < 4.78 is 0. The molecule has 1 heterocycles. The van der Waals surface area contributed by atoms with Crippen LogP contribution in [0.3, 0.4) is 0 Å². The maximum absolute atomic E-state index is 13.5.